The first-order valence-electron chi connectivity index (χ1n) is 6.25. The van der Waals surface area contributed by atoms with E-state index in [0.29, 0.717) is 17.8 Å². The second-order valence-electron chi connectivity index (χ2n) is 4.64. The smallest absolute Gasteiger partial charge is 0.254 e. The van der Waals surface area contributed by atoms with Crippen molar-refractivity contribution in [2.45, 2.75) is 20.8 Å². The summed E-state index contributed by atoms with van der Waals surface area (Å²) in [5.74, 6) is -0.369. The third-order valence-corrected chi connectivity index (χ3v) is 2.94. The Balaban J connectivity index is 2.88. The van der Waals surface area contributed by atoms with Crippen LogP contribution in [0.2, 0.25) is 0 Å². The number of carbonyl (C=O) groups is 2. The number of nitrogens with one attached hydrogen (secondary N) is 1. The molecule has 0 unspecified atom stereocenters. The molecule has 0 bridgehead atoms. The minimum atomic E-state index is -0.199. The lowest BCUT2D eigenvalue weighted by Gasteiger charge is -2.18. The fraction of sp³-hybridized carbons (Fsp3) is 0.429. The normalized spacial score (nSPS) is 10.1. The highest BCUT2D eigenvalue weighted by molar-refractivity contribution is 5.98. The molecular weight excluding hydrogens is 242 g/mol. The van der Waals surface area contributed by atoms with Crippen LogP contribution >= 0.6 is 0 Å². The van der Waals surface area contributed by atoms with E-state index in [4.69, 9.17) is 5.73 Å². The minimum Gasteiger partial charge on any atom is -0.398 e. The molecule has 3 N–H and O–H groups in total. The summed E-state index contributed by atoms with van der Waals surface area (Å²) in [7, 11) is 1.60. The molecule has 5 heteroatoms. The number of nitrogens with zero attached hydrogens (tertiary/aromatic N) is 1. The van der Waals surface area contributed by atoms with E-state index in [2.05, 4.69) is 5.32 Å². The molecule has 19 heavy (non-hydrogen) atoms. The van der Waals surface area contributed by atoms with Crippen molar-refractivity contribution in [1.29, 1.82) is 0 Å². The van der Waals surface area contributed by atoms with Crippen molar-refractivity contribution in [2.24, 2.45) is 0 Å². The van der Waals surface area contributed by atoms with Crippen LogP contribution in [0.25, 0.3) is 0 Å². The van der Waals surface area contributed by atoms with E-state index >= 15 is 0 Å². The molecule has 0 fully saturated rings. The summed E-state index contributed by atoms with van der Waals surface area (Å²) >= 11 is 0. The molecular formula is C14H21N3O2. The first-order valence-corrected chi connectivity index (χ1v) is 6.25. The third kappa shape index (κ3) is 3.71. The molecule has 0 spiro atoms. The van der Waals surface area contributed by atoms with E-state index in [1.807, 2.05) is 26.8 Å². The number of carbonyl (C=O) groups excluding carboxylic acids is 2. The lowest BCUT2D eigenvalue weighted by atomic mass is 10.0. The number of hydrogen-bond donors (Lipinski definition) is 2. The molecule has 1 aromatic rings. The Labute approximate surface area is 113 Å². The van der Waals surface area contributed by atoms with Gasteiger partial charge in [-0.05, 0) is 38.0 Å². The maximum absolute atomic E-state index is 12.3. The molecule has 1 rings (SSSR count). The Morgan fingerprint density at radius 3 is 2.47 bits per heavy atom. The van der Waals surface area contributed by atoms with Gasteiger partial charge in [0, 0.05) is 24.8 Å². The van der Waals surface area contributed by atoms with Crippen molar-refractivity contribution < 1.29 is 9.59 Å². The number of benzene rings is 1. The van der Waals surface area contributed by atoms with Gasteiger partial charge in [0.15, 0.2) is 0 Å². The van der Waals surface area contributed by atoms with Crippen molar-refractivity contribution in [1.82, 2.24) is 10.2 Å². The summed E-state index contributed by atoms with van der Waals surface area (Å²) in [6.07, 6.45) is 0. The number of nitrogens with two attached hydrogens (primary N) is 1. The van der Waals surface area contributed by atoms with Gasteiger partial charge in [-0.3, -0.25) is 9.59 Å². The van der Waals surface area contributed by atoms with E-state index in [1.165, 1.54) is 4.90 Å². The van der Waals surface area contributed by atoms with E-state index in [9.17, 15) is 9.59 Å². The molecule has 0 aromatic heterocycles. The summed E-state index contributed by atoms with van der Waals surface area (Å²) in [4.78, 5) is 25.1. The van der Waals surface area contributed by atoms with Gasteiger partial charge in [-0.2, -0.15) is 0 Å². The number of hydrogen-bond acceptors (Lipinski definition) is 3. The Bertz CT molecular complexity index is 498. The minimum absolute atomic E-state index is 0.0416. The molecule has 0 heterocycles. The highest BCUT2D eigenvalue weighted by Gasteiger charge is 2.17. The van der Waals surface area contributed by atoms with Gasteiger partial charge < -0.3 is 16.0 Å². The molecule has 0 aliphatic rings. The van der Waals surface area contributed by atoms with Crippen LogP contribution in [0, 0.1) is 13.8 Å². The molecule has 0 radical (unpaired) electrons. The summed E-state index contributed by atoms with van der Waals surface area (Å²) in [5, 5.41) is 2.66. The van der Waals surface area contributed by atoms with Crippen LogP contribution in [0.5, 0.6) is 0 Å². The lowest BCUT2D eigenvalue weighted by Crippen LogP contribution is -2.38. The monoisotopic (exact) mass is 263 g/mol. The number of rotatable bonds is 4. The zero-order chi connectivity index (χ0) is 14.6. The van der Waals surface area contributed by atoms with Crippen LogP contribution in [-0.2, 0) is 4.79 Å². The molecule has 0 saturated heterocycles. The standard InChI is InChI=1S/C14H21N3O2/c1-5-16-13(18)8-17(4)14(19)11-7-12(15)10(3)6-9(11)2/h6-7H,5,8,15H2,1-4H3,(H,16,18). The highest BCUT2D eigenvalue weighted by Crippen LogP contribution is 2.18. The van der Waals surface area contributed by atoms with Crippen LogP contribution in [0.4, 0.5) is 5.69 Å². The molecule has 0 aliphatic carbocycles. The van der Waals surface area contributed by atoms with E-state index < -0.39 is 0 Å². The molecule has 2 amide bonds. The van der Waals surface area contributed by atoms with Crippen LogP contribution < -0.4 is 11.1 Å². The largest absolute Gasteiger partial charge is 0.398 e. The van der Waals surface area contributed by atoms with E-state index in [0.717, 1.165) is 11.1 Å². The zero-order valence-electron chi connectivity index (χ0n) is 11.9. The maximum atomic E-state index is 12.3. The Hall–Kier alpha value is -2.04. The first kappa shape index (κ1) is 15.0. The number of anilines is 1. The van der Waals surface area contributed by atoms with Gasteiger partial charge >= 0.3 is 0 Å². The van der Waals surface area contributed by atoms with E-state index in [-0.39, 0.29) is 18.4 Å². The van der Waals surface area contributed by atoms with Gasteiger partial charge in [0.2, 0.25) is 5.91 Å². The Morgan fingerprint density at radius 2 is 1.89 bits per heavy atom. The fourth-order valence-electron chi connectivity index (χ4n) is 1.85. The molecule has 104 valence electrons. The lowest BCUT2D eigenvalue weighted by molar-refractivity contribution is -0.121. The van der Waals surface area contributed by atoms with Crippen LogP contribution in [0.3, 0.4) is 0 Å². The van der Waals surface area contributed by atoms with Crippen molar-refractivity contribution in [2.75, 3.05) is 25.9 Å². The van der Waals surface area contributed by atoms with Crippen LogP contribution in [-0.4, -0.2) is 36.9 Å². The van der Waals surface area contributed by atoms with Gasteiger partial charge in [0.25, 0.3) is 5.91 Å². The van der Waals surface area contributed by atoms with E-state index in [1.54, 1.807) is 13.1 Å². The van der Waals surface area contributed by atoms with Crippen LogP contribution in [0.1, 0.15) is 28.4 Å². The van der Waals surface area contributed by atoms with Crippen molar-refractivity contribution in [3.8, 4) is 0 Å². The second-order valence-corrected chi connectivity index (χ2v) is 4.64. The van der Waals surface area contributed by atoms with Crippen molar-refractivity contribution in [3.05, 3.63) is 28.8 Å². The maximum Gasteiger partial charge on any atom is 0.254 e. The fourth-order valence-corrected chi connectivity index (χ4v) is 1.85. The predicted molar refractivity (Wildman–Crippen MR) is 76.0 cm³/mol. The quantitative estimate of drug-likeness (QED) is 0.799. The number of aryl methyl sites for hydroxylation is 2. The van der Waals surface area contributed by atoms with Gasteiger partial charge in [-0.15, -0.1) is 0 Å². The summed E-state index contributed by atoms with van der Waals surface area (Å²) in [5.41, 5.74) is 8.75. The first-order chi connectivity index (χ1) is 8.86. The van der Waals surface area contributed by atoms with Crippen molar-refractivity contribution in [3.63, 3.8) is 0 Å². The second kappa shape index (κ2) is 6.22. The highest BCUT2D eigenvalue weighted by atomic mass is 16.2. The predicted octanol–water partition coefficient (Wildman–Crippen LogP) is 1.09. The number of amides is 2. The zero-order valence-corrected chi connectivity index (χ0v) is 11.9. The molecule has 1 aromatic carbocycles. The number of likely N-dealkylation sites (N-methyl/N-ethyl adjacent to an activating group) is 2. The average Bonchev–Trinajstić information content (AvgIpc) is 2.33. The topological polar surface area (TPSA) is 75.4 Å². The Morgan fingerprint density at radius 1 is 1.26 bits per heavy atom. The summed E-state index contributed by atoms with van der Waals surface area (Å²) in [6, 6.07) is 3.55. The summed E-state index contributed by atoms with van der Waals surface area (Å²) in [6.45, 7) is 6.19. The van der Waals surface area contributed by atoms with Crippen LogP contribution in [0.15, 0.2) is 12.1 Å². The van der Waals surface area contributed by atoms with Crippen molar-refractivity contribution >= 4 is 17.5 Å². The SMILES string of the molecule is CCNC(=O)CN(C)C(=O)c1cc(N)c(C)cc1C. The van der Waals surface area contributed by atoms with Gasteiger partial charge in [-0.25, -0.2) is 0 Å². The third-order valence-electron chi connectivity index (χ3n) is 2.94. The van der Waals surface area contributed by atoms with Gasteiger partial charge in [0.05, 0.1) is 6.54 Å². The Kier molecular flexibility index (Phi) is 4.92. The molecule has 0 atom stereocenters. The van der Waals surface area contributed by atoms with Gasteiger partial charge in [0.1, 0.15) is 0 Å². The molecule has 0 saturated carbocycles. The molecule has 5 nitrogen and oxygen atoms in total. The van der Waals surface area contributed by atoms with Gasteiger partial charge in [-0.1, -0.05) is 6.07 Å². The average molecular weight is 263 g/mol. The summed E-state index contributed by atoms with van der Waals surface area (Å²) < 4.78 is 0. The number of nitrogen functional groups attached to an aromatic ring is 1. The molecule has 0 aliphatic heterocycles.